The van der Waals surface area contributed by atoms with E-state index in [9.17, 15) is 13.2 Å². The summed E-state index contributed by atoms with van der Waals surface area (Å²) in [5.41, 5.74) is 7.07. The minimum Gasteiger partial charge on any atom is -0.343 e. The first-order chi connectivity index (χ1) is 11.3. The van der Waals surface area contributed by atoms with Crippen LogP contribution in [-0.2, 0) is 14.8 Å². The fraction of sp³-hybridized carbons (Fsp3) is 0.588. The Kier molecular flexibility index (Phi) is 8.34. The fourth-order valence-electron chi connectivity index (χ4n) is 3.04. The Labute approximate surface area is 156 Å². The molecule has 1 fully saturated rings. The number of hydrogen-bond donors (Lipinski definition) is 1. The number of likely N-dealkylation sites (tertiary alicyclic amines) is 1. The number of carbonyl (C=O) groups excluding carboxylic acids is 1. The van der Waals surface area contributed by atoms with E-state index >= 15 is 0 Å². The van der Waals surface area contributed by atoms with E-state index in [2.05, 4.69) is 0 Å². The molecule has 0 aliphatic carbocycles. The summed E-state index contributed by atoms with van der Waals surface area (Å²) in [6.45, 7) is 2.80. The number of carbonyl (C=O) groups is 1. The summed E-state index contributed by atoms with van der Waals surface area (Å²) in [7, 11) is -1.55. The van der Waals surface area contributed by atoms with Gasteiger partial charge in [0, 0.05) is 38.6 Å². The Balaban J connectivity index is 0.00000312. The van der Waals surface area contributed by atoms with Gasteiger partial charge in [-0.15, -0.1) is 12.4 Å². The van der Waals surface area contributed by atoms with Crippen LogP contribution in [0.3, 0.4) is 0 Å². The standard InChI is InChI=1S/C17H27N3O3S.ClH/c1-3-24(22,23)19(2)15-9-11-20(12-10-15)17(21)13-16(18)14-7-5-4-6-8-14;/h4-8,15-16H,3,9-13,18H2,1-2H3;1H. The second-order valence-corrected chi connectivity index (χ2v) is 8.57. The maximum absolute atomic E-state index is 12.4. The van der Waals surface area contributed by atoms with Gasteiger partial charge in [0.25, 0.3) is 0 Å². The van der Waals surface area contributed by atoms with Crippen LogP contribution in [0.15, 0.2) is 30.3 Å². The molecule has 1 atom stereocenters. The highest BCUT2D eigenvalue weighted by Gasteiger charge is 2.30. The number of nitrogens with two attached hydrogens (primary N) is 1. The molecule has 6 nitrogen and oxygen atoms in total. The van der Waals surface area contributed by atoms with Crippen LogP contribution in [0.1, 0.15) is 37.8 Å². The third-order valence-electron chi connectivity index (χ3n) is 4.76. The molecule has 1 aliphatic heterocycles. The lowest BCUT2D eigenvalue weighted by molar-refractivity contribution is -0.132. The van der Waals surface area contributed by atoms with E-state index in [1.807, 2.05) is 30.3 Å². The quantitative estimate of drug-likeness (QED) is 0.803. The summed E-state index contributed by atoms with van der Waals surface area (Å²) in [5.74, 6) is 0.139. The van der Waals surface area contributed by atoms with E-state index in [-0.39, 0.29) is 42.6 Å². The van der Waals surface area contributed by atoms with Crippen LogP contribution in [0.25, 0.3) is 0 Å². The van der Waals surface area contributed by atoms with Gasteiger partial charge in [-0.05, 0) is 25.3 Å². The molecule has 1 aromatic carbocycles. The Morgan fingerprint density at radius 1 is 1.28 bits per heavy atom. The average Bonchev–Trinajstić information content (AvgIpc) is 2.61. The number of rotatable bonds is 6. The Morgan fingerprint density at radius 2 is 1.84 bits per heavy atom. The fourth-order valence-corrected chi connectivity index (χ4v) is 4.12. The molecule has 0 bridgehead atoms. The molecule has 1 unspecified atom stereocenters. The van der Waals surface area contributed by atoms with Gasteiger partial charge in [-0.1, -0.05) is 30.3 Å². The van der Waals surface area contributed by atoms with E-state index in [0.717, 1.165) is 5.56 Å². The van der Waals surface area contributed by atoms with E-state index < -0.39 is 10.0 Å². The van der Waals surface area contributed by atoms with Gasteiger partial charge in [0.2, 0.25) is 15.9 Å². The predicted octanol–water partition coefficient (Wildman–Crippen LogP) is 1.77. The van der Waals surface area contributed by atoms with E-state index in [4.69, 9.17) is 5.73 Å². The molecule has 1 aromatic rings. The summed E-state index contributed by atoms with van der Waals surface area (Å²) >= 11 is 0. The molecule has 0 saturated carbocycles. The first kappa shape index (κ1) is 21.9. The number of hydrogen-bond acceptors (Lipinski definition) is 4. The highest BCUT2D eigenvalue weighted by Crippen LogP contribution is 2.21. The smallest absolute Gasteiger partial charge is 0.224 e. The topological polar surface area (TPSA) is 83.7 Å². The molecular formula is C17H28ClN3O3S. The second kappa shape index (κ2) is 9.52. The van der Waals surface area contributed by atoms with Crippen molar-refractivity contribution in [3.05, 3.63) is 35.9 Å². The maximum Gasteiger partial charge on any atom is 0.224 e. The minimum absolute atomic E-state index is 0. The molecule has 1 saturated heterocycles. The van der Waals surface area contributed by atoms with E-state index in [0.29, 0.717) is 25.9 Å². The van der Waals surface area contributed by atoms with Gasteiger partial charge in [0.15, 0.2) is 0 Å². The molecule has 142 valence electrons. The van der Waals surface area contributed by atoms with Gasteiger partial charge in [0.05, 0.1) is 5.75 Å². The van der Waals surface area contributed by atoms with Crippen LogP contribution < -0.4 is 5.73 Å². The lowest BCUT2D eigenvalue weighted by Crippen LogP contribution is -2.47. The molecule has 8 heteroatoms. The molecule has 1 amide bonds. The van der Waals surface area contributed by atoms with Gasteiger partial charge in [-0.25, -0.2) is 12.7 Å². The zero-order chi connectivity index (χ0) is 17.7. The first-order valence-electron chi connectivity index (χ1n) is 8.39. The Bertz CT molecular complexity index is 646. The number of sulfonamides is 1. The van der Waals surface area contributed by atoms with Crippen LogP contribution >= 0.6 is 12.4 Å². The van der Waals surface area contributed by atoms with Crippen molar-refractivity contribution in [2.75, 3.05) is 25.9 Å². The summed E-state index contributed by atoms with van der Waals surface area (Å²) in [5, 5.41) is 0. The molecule has 0 aromatic heterocycles. The zero-order valence-electron chi connectivity index (χ0n) is 14.8. The third-order valence-corrected chi connectivity index (χ3v) is 6.66. The number of amides is 1. The normalized spacial score (nSPS) is 17.2. The minimum atomic E-state index is -3.18. The van der Waals surface area contributed by atoms with E-state index in [1.54, 1.807) is 18.9 Å². The molecular weight excluding hydrogens is 362 g/mol. The van der Waals surface area contributed by atoms with Crippen molar-refractivity contribution < 1.29 is 13.2 Å². The number of piperidine rings is 1. The van der Waals surface area contributed by atoms with Crippen molar-refractivity contribution in [1.29, 1.82) is 0 Å². The van der Waals surface area contributed by atoms with Crippen molar-refractivity contribution in [2.45, 2.75) is 38.3 Å². The number of halogens is 1. The molecule has 1 heterocycles. The van der Waals surface area contributed by atoms with Crippen molar-refractivity contribution in [3.63, 3.8) is 0 Å². The molecule has 0 radical (unpaired) electrons. The van der Waals surface area contributed by atoms with Gasteiger partial charge in [-0.2, -0.15) is 0 Å². The lowest BCUT2D eigenvalue weighted by Gasteiger charge is -2.36. The van der Waals surface area contributed by atoms with Crippen LogP contribution in [0.5, 0.6) is 0 Å². The summed E-state index contributed by atoms with van der Waals surface area (Å²) in [4.78, 5) is 14.2. The number of nitrogens with zero attached hydrogens (tertiary/aromatic N) is 2. The van der Waals surface area contributed by atoms with Gasteiger partial charge >= 0.3 is 0 Å². The maximum atomic E-state index is 12.4. The van der Waals surface area contributed by atoms with Gasteiger partial charge < -0.3 is 10.6 Å². The highest BCUT2D eigenvalue weighted by molar-refractivity contribution is 7.89. The SMILES string of the molecule is CCS(=O)(=O)N(C)C1CCN(C(=O)CC(N)c2ccccc2)CC1.Cl. The van der Waals surface area contributed by atoms with Crippen molar-refractivity contribution in [2.24, 2.45) is 5.73 Å². The van der Waals surface area contributed by atoms with E-state index in [1.165, 1.54) is 4.31 Å². The molecule has 2 N–H and O–H groups in total. The monoisotopic (exact) mass is 389 g/mol. The highest BCUT2D eigenvalue weighted by atomic mass is 35.5. The Morgan fingerprint density at radius 3 is 2.36 bits per heavy atom. The van der Waals surface area contributed by atoms with Crippen molar-refractivity contribution in [1.82, 2.24) is 9.21 Å². The summed E-state index contributed by atoms with van der Waals surface area (Å²) in [6, 6.07) is 9.26. The van der Waals surface area contributed by atoms with Crippen LogP contribution in [0.4, 0.5) is 0 Å². The molecule has 0 spiro atoms. The zero-order valence-corrected chi connectivity index (χ0v) is 16.4. The Hall–Kier alpha value is -1.15. The second-order valence-electron chi connectivity index (χ2n) is 6.25. The molecule has 25 heavy (non-hydrogen) atoms. The molecule has 2 rings (SSSR count). The van der Waals surface area contributed by atoms with Crippen LogP contribution in [0, 0.1) is 0 Å². The number of benzene rings is 1. The van der Waals surface area contributed by atoms with Gasteiger partial charge in [0.1, 0.15) is 0 Å². The summed E-state index contributed by atoms with van der Waals surface area (Å²) < 4.78 is 25.4. The third kappa shape index (κ3) is 5.67. The first-order valence-corrected chi connectivity index (χ1v) is 10.00. The van der Waals surface area contributed by atoms with Crippen molar-refractivity contribution >= 4 is 28.3 Å². The lowest BCUT2D eigenvalue weighted by atomic mass is 10.0. The summed E-state index contributed by atoms with van der Waals surface area (Å²) in [6.07, 6.45) is 1.61. The largest absolute Gasteiger partial charge is 0.343 e. The van der Waals surface area contributed by atoms with Gasteiger partial charge in [-0.3, -0.25) is 4.79 Å². The molecule has 1 aliphatic rings. The van der Waals surface area contributed by atoms with Crippen LogP contribution in [-0.4, -0.2) is 55.5 Å². The predicted molar refractivity (Wildman–Crippen MR) is 102 cm³/mol. The van der Waals surface area contributed by atoms with Crippen LogP contribution in [0.2, 0.25) is 0 Å². The van der Waals surface area contributed by atoms with Crippen molar-refractivity contribution in [3.8, 4) is 0 Å². The average molecular weight is 390 g/mol.